The quantitative estimate of drug-likeness (QED) is 0.903. The highest BCUT2D eigenvalue weighted by molar-refractivity contribution is 7.11. The van der Waals surface area contributed by atoms with Gasteiger partial charge in [-0.05, 0) is 37.5 Å². The van der Waals surface area contributed by atoms with Crippen molar-refractivity contribution < 1.29 is 4.39 Å². The van der Waals surface area contributed by atoms with Crippen LogP contribution in [0.25, 0.3) is 0 Å². The van der Waals surface area contributed by atoms with Crippen LogP contribution < -0.4 is 10.2 Å². The first kappa shape index (κ1) is 14.3. The molecule has 1 saturated heterocycles. The molecule has 1 aliphatic rings. The lowest BCUT2D eigenvalue weighted by Crippen LogP contribution is -2.18. The number of nitrogens with zero attached hydrogens (tertiary/aromatic N) is 2. The number of anilines is 2. The maximum absolute atomic E-state index is 14.2. The third-order valence-corrected chi connectivity index (χ3v) is 4.91. The normalized spacial score (nSPS) is 14.7. The van der Waals surface area contributed by atoms with Gasteiger partial charge in [-0.1, -0.05) is 6.92 Å². The highest BCUT2D eigenvalue weighted by Gasteiger charge is 2.16. The van der Waals surface area contributed by atoms with Gasteiger partial charge in [0.15, 0.2) is 0 Å². The molecule has 3 nitrogen and oxygen atoms in total. The van der Waals surface area contributed by atoms with Crippen LogP contribution in [-0.2, 0) is 13.0 Å². The molecule has 112 valence electrons. The van der Waals surface area contributed by atoms with Crippen molar-refractivity contribution in [3.63, 3.8) is 0 Å². The standard InChI is InChI=1S/C16H20FN3S/c1-2-16-19-11-13(21-16)10-18-12-5-6-15(14(17)9-12)20-7-3-4-8-20/h5-6,9,11,18H,2-4,7-8,10H2,1H3. The summed E-state index contributed by atoms with van der Waals surface area (Å²) < 4.78 is 14.2. The van der Waals surface area contributed by atoms with Gasteiger partial charge in [0.05, 0.1) is 17.2 Å². The van der Waals surface area contributed by atoms with Gasteiger partial charge in [-0.25, -0.2) is 9.37 Å². The molecule has 1 aromatic carbocycles. The fraction of sp³-hybridized carbons (Fsp3) is 0.438. The maximum atomic E-state index is 14.2. The number of halogens is 1. The molecule has 1 fully saturated rings. The Morgan fingerprint density at radius 1 is 1.33 bits per heavy atom. The first-order valence-corrected chi connectivity index (χ1v) is 8.30. The summed E-state index contributed by atoms with van der Waals surface area (Å²) in [5, 5.41) is 4.41. The number of hydrogen-bond donors (Lipinski definition) is 1. The van der Waals surface area contributed by atoms with Gasteiger partial charge in [0, 0.05) is 29.9 Å². The van der Waals surface area contributed by atoms with Crippen LogP contribution in [0.2, 0.25) is 0 Å². The van der Waals surface area contributed by atoms with E-state index in [0.717, 1.165) is 48.7 Å². The molecule has 0 saturated carbocycles. The van der Waals surface area contributed by atoms with E-state index in [4.69, 9.17) is 0 Å². The molecule has 0 aliphatic carbocycles. The van der Waals surface area contributed by atoms with E-state index in [1.54, 1.807) is 17.4 Å². The van der Waals surface area contributed by atoms with Crippen LogP contribution >= 0.6 is 11.3 Å². The number of benzene rings is 1. The summed E-state index contributed by atoms with van der Waals surface area (Å²) in [5.41, 5.74) is 1.55. The molecular weight excluding hydrogens is 285 g/mol. The average molecular weight is 305 g/mol. The van der Waals surface area contributed by atoms with Crippen LogP contribution in [0.1, 0.15) is 29.7 Å². The zero-order valence-electron chi connectivity index (χ0n) is 12.2. The minimum Gasteiger partial charge on any atom is -0.380 e. The predicted octanol–water partition coefficient (Wildman–Crippen LogP) is 4.06. The van der Waals surface area contributed by atoms with Gasteiger partial charge < -0.3 is 10.2 Å². The van der Waals surface area contributed by atoms with E-state index in [2.05, 4.69) is 22.1 Å². The Morgan fingerprint density at radius 3 is 2.81 bits per heavy atom. The van der Waals surface area contributed by atoms with Crippen LogP contribution in [0.15, 0.2) is 24.4 Å². The SMILES string of the molecule is CCc1ncc(CNc2ccc(N3CCCC3)c(F)c2)s1. The number of hydrogen-bond acceptors (Lipinski definition) is 4. The van der Waals surface area contributed by atoms with Crippen LogP contribution in [0.3, 0.4) is 0 Å². The largest absolute Gasteiger partial charge is 0.380 e. The molecule has 0 atom stereocenters. The summed E-state index contributed by atoms with van der Waals surface area (Å²) in [5.74, 6) is -0.138. The molecule has 21 heavy (non-hydrogen) atoms. The van der Waals surface area contributed by atoms with E-state index >= 15 is 0 Å². The minimum absolute atomic E-state index is 0.138. The molecule has 2 aromatic rings. The smallest absolute Gasteiger partial charge is 0.148 e. The molecular formula is C16H20FN3S. The summed E-state index contributed by atoms with van der Waals surface area (Å²) in [6.45, 7) is 4.72. The molecule has 1 N–H and O–H groups in total. The van der Waals surface area contributed by atoms with Crippen molar-refractivity contribution >= 4 is 22.7 Å². The van der Waals surface area contributed by atoms with Gasteiger partial charge in [0.25, 0.3) is 0 Å². The second-order valence-electron chi connectivity index (χ2n) is 5.29. The molecule has 1 aliphatic heterocycles. The van der Waals surface area contributed by atoms with Crippen molar-refractivity contribution in [2.75, 3.05) is 23.3 Å². The summed E-state index contributed by atoms with van der Waals surface area (Å²) in [6.07, 6.45) is 5.17. The minimum atomic E-state index is -0.138. The Labute approximate surface area is 128 Å². The number of rotatable bonds is 5. The number of thiazole rings is 1. The van der Waals surface area contributed by atoms with Crippen molar-refractivity contribution in [3.05, 3.63) is 40.1 Å². The monoisotopic (exact) mass is 305 g/mol. The van der Waals surface area contributed by atoms with Crippen molar-refractivity contribution in [2.24, 2.45) is 0 Å². The van der Waals surface area contributed by atoms with E-state index in [0.29, 0.717) is 6.54 Å². The molecule has 0 bridgehead atoms. The first-order chi connectivity index (χ1) is 10.3. The summed E-state index contributed by atoms with van der Waals surface area (Å²) in [7, 11) is 0. The summed E-state index contributed by atoms with van der Waals surface area (Å²) >= 11 is 1.70. The Morgan fingerprint density at radius 2 is 2.14 bits per heavy atom. The van der Waals surface area contributed by atoms with Gasteiger partial charge in [0.1, 0.15) is 5.82 Å². The maximum Gasteiger partial charge on any atom is 0.148 e. The van der Waals surface area contributed by atoms with Crippen LogP contribution in [0.5, 0.6) is 0 Å². The first-order valence-electron chi connectivity index (χ1n) is 7.48. The van der Waals surface area contributed by atoms with Gasteiger partial charge in [-0.3, -0.25) is 0 Å². The van der Waals surface area contributed by atoms with Crippen molar-refractivity contribution in [3.8, 4) is 0 Å². The molecule has 1 aromatic heterocycles. The fourth-order valence-electron chi connectivity index (χ4n) is 2.61. The van der Waals surface area contributed by atoms with E-state index in [9.17, 15) is 4.39 Å². The van der Waals surface area contributed by atoms with E-state index in [1.807, 2.05) is 18.3 Å². The number of nitrogens with one attached hydrogen (secondary N) is 1. The van der Waals surface area contributed by atoms with Crippen molar-refractivity contribution in [1.82, 2.24) is 4.98 Å². The molecule has 0 radical (unpaired) electrons. The lowest BCUT2D eigenvalue weighted by molar-refractivity contribution is 0.623. The van der Waals surface area contributed by atoms with Crippen molar-refractivity contribution in [1.29, 1.82) is 0 Å². The Kier molecular flexibility index (Phi) is 4.39. The second-order valence-corrected chi connectivity index (χ2v) is 6.49. The van der Waals surface area contributed by atoms with E-state index in [-0.39, 0.29) is 5.82 Å². The number of aromatic nitrogens is 1. The van der Waals surface area contributed by atoms with Gasteiger partial charge in [0.2, 0.25) is 0 Å². The Hall–Kier alpha value is -1.62. The third-order valence-electron chi connectivity index (χ3n) is 3.77. The van der Waals surface area contributed by atoms with E-state index in [1.165, 1.54) is 4.88 Å². The molecule has 5 heteroatoms. The number of aryl methyl sites for hydroxylation is 1. The fourth-order valence-corrected chi connectivity index (χ4v) is 3.42. The molecule has 0 amide bonds. The van der Waals surface area contributed by atoms with Crippen LogP contribution in [0.4, 0.5) is 15.8 Å². The van der Waals surface area contributed by atoms with Gasteiger partial charge in [-0.15, -0.1) is 11.3 Å². The highest BCUT2D eigenvalue weighted by atomic mass is 32.1. The Bertz CT molecular complexity index is 605. The topological polar surface area (TPSA) is 28.2 Å². The molecule has 0 unspecified atom stereocenters. The second kappa shape index (κ2) is 6.43. The third kappa shape index (κ3) is 3.35. The zero-order valence-corrected chi connectivity index (χ0v) is 13.0. The highest BCUT2D eigenvalue weighted by Crippen LogP contribution is 2.26. The van der Waals surface area contributed by atoms with Crippen LogP contribution in [0, 0.1) is 5.82 Å². The van der Waals surface area contributed by atoms with Gasteiger partial charge in [-0.2, -0.15) is 0 Å². The van der Waals surface area contributed by atoms with Gasteiger partial charge >= 0.3 is 0 Å². The molecule has 2 heterocycles. The van der Waals surface area contributed by atoms with Crippen LogP contribution in [-0.4, -0.2) is 18.1 Å². The van der Waals surface area contributed by atoms with E-state index < -0.39 is 0 Å². The zero-order chi connectivity index (χ0) is 14.7. The summed E-state index contributed by atoms with van der Waals surface area (Å²) in [6, 6.07) is 5.43. The lowest BCUT2D eigenvalue weighted by Gasteiger charge is -2.19. The van der Waals surface area contributed by atoms with Crippen molar-refractivity contribution in [2.45, 2.75) is 32.7 Å². The lowest BCUT2D eigenvalue weighted by atomic mass is 10.2. The predicted molar refractivity (Wildman–Crippen MR) is 86.7 cm³/mol. The summed E-state index contributed by atoms with van der Waals surface area (Å²) in [4.78, 5) is 7.63. The molecule has 0 spiro atoms. The average Bonchev–Trinajstić information content (AvgIpc) is 3.16. The Balaban J connectivity index is 1.64. The molecule has 3 rings (SSSR count).